The van der Waals surface area contributed by atoms with Gasteiger partial charge in [0, 0.05) is 6.54 Å². The molecule has 1 fully saturated rings. The van der Waals surface area contributed by atoms with Crippen LogP contribution in [0.25, 0.3) is 6.08 Å². The summed E-state index contributed by atoms with van der Waals surface area (Å²) in [5.41, 5.74) is 2.53. The van der Waals surface area contributed by atoms with E-state index in [1.54, 1.807) is 4.90 Å². The van der Waals surface area contributed by atoms with Crippen LogP contribution in [0.4, 0.5) is 0 Å². The average Bonchev–Trinajstić information content (AvgIpc) is 2.78. The van der Waals surface area contributed by atoms with Crippen molar-refractivity contribution in [3.8, 4) is 0 Å². The molecule has 0 saturated carbocycles. The molecule has 0 bridgehead atoms. The van der Waals surface area contributed by atoms with E-state index in [4.69, 9.17) is 0 Å². The zero-order valence-corrected chi connectivity index (χ0v) is 17.7. The molecule has 1 saturated heterocycles. The van der Waals surface area contributed by atoms with E-state index in [0.717, 1.165) is 32.7 Å². The molecule has 1 heterocycles. The molecule has 154 valence electrons. The van der Waals surface area contributed by atoms with E-state index in [1.807, 2.05) is 12.1 Å². The minimum Gasteiger partial charge on any atom is -0.350 e. The van der Waals surface area contributed by atoms with E-state index in [1.165, 1.54) is 16.0 Å². The van der Waals surface area contributed by atoms with Crippen LogP contribution in [0, 0.1) is 0 Å². The summed E-state index contributed by atoms with van der Waals surface area (Å²) in [4.78, 5) is 15.6. The number of piperazine rings is 1. The number of amides is 1. The Bertz CT molecular complexity index is 767. The molecule has 0 spiro atoms. The van der Waals surface area contributed by atoms with Gasteiger partial charge in [-0.3, -0.25) is 4.79 Å². The number of rotatable bonds is 8. The van der Waals surface area contributed by atoms with E-state index in [9.17, 15) is 4.79 Å². The van der Waals surface area contributed by atoms with Gasteiger partial charge in [-0.05, 0) is 30.0 Å². The summed E-state index contributed by atoms with van der Waals surface area (Å²) in [6.07, 6.45) is 4.48. The molecule has 0 aromatic heterocycles. The second-order valence-electron chi connectivity index (χ2n) is 8.20. The third-order valence-electron chi connectivity index (χ3n) is 6.07. The molecule has 1 aliphatic heterocycles. The topological polar surface area (TPSA) is 38.0 Å². The molecule has 1 aliphatic rings. The zero-order valence-electron chi connectivity index (χ0n) is 17.7. The maximum absolute atomic E-state index is 12.6. The summed E-state index contributed by atoms with van der Waals surface area (Å²) in [5, 5.41) is 3.16. The largest absolute Gasteiger partial charge is 0.350 e. The van der Waals surface area contributed by atoms with Crippen LogP contribution in [0.5, 0.6) is 0 Å². The van der Waals surface area contributed by atoms with Crippen molar-refractivity contribution in [2.24, 2.45) is 0 Å². The second-order valence-corrected chi connectivity index (χ2v) is 8.20. The Balaban J connectivity index is 1.38. The lowest BCUT2D eigenvalue weighted by Crippen LogP contribution is -3.30. The second kappa shape index (κ2) is 10.9. The van der Waals surface area contributed by atoms with E-state index in [2.05, 4.69) is 79.8 Å². The maximum Gasteiger partial charge on any atom is 0.278 e. The van der Waals surface area contributed by atoms with Gasteiger partial charge in [0.1, 0.15) is 26.2 Å². The summed E-state index contributed by atoms with van der Waals surface area (Å²) in [6, 6.07) is 20.8. The quantitative estimate of drug-likeness (QED) is 0.610. The molecule has 2 aromatic carbocycles. The standard InChI is InChI=1S/C25H33N3O/c1-21(24-13-7-4-8-14-24)20-26-25(29)22(2)28-18-16-27(17-19-28)15-9-12-23-10-5-3-6-11-23/h3-14,21-22H,15-20H2,1-2H3,(H,26,29)/p+2/b12-9+/t21-,22+/m1/s1. The van der Waals surface area contributed by atoms with Crippen LogP contribution in [0.1, 0.15) is 30.9 Å². The first-order valence-corrected chi connectivity index (χ1v) is 10.9. The number of carbonyl (C=O) groups is 1. The molecule has 3 N–H and O–H groups in total. The van der Waals surface area contributed by atoms with Crippen LogP contribution in [-0.4, -0.2) is 51.2 Å². The Morgan fingerprint density at radius 3 is 2.24 bits per heavy atom. The van der Waals surface area contributed by atoms with Crippen LogP contribution in [0.15, 0.2) is 66.7 Å². The number of nitrogens with one attached hydrogen (secondary N) is 3. The summed E-state index contributed by atoms with van der Waals surface area (Å²) < 4.78 is 0. The Morgan fingerprint density at radius 2 is 1.59 bits per heavy atom. The summed E-state index contributed by atoms with van der Waals surface area (Å²) >= 11 is 0. The molecule has 2 atom stereocenters. The highest BCUT2D eigenvalue weighted by atomic mass is 16.2. The minimum atomic E-state index is 0.0133. The first-order chi connectivity index (χ1) is 14.1. The van der Waals surface area contributed by atoms with Gasteiger partial charge in [-0.25, -0.2) is 0 Å². The molecule has 1 amide bonds. The fourth-order valence-corrected chi connectivity index (χ4v) is 3.98. The Hall–Kier alpha value is -2.43. The minimum absolute atomic E-state index is 0.0133. The molecule has 0 aliphatic carbocycles. The van der Waals surface area contributed by atoms with Crippen LogP contribution >= 0.6 is 0 Å². The lowest BCUT2D eigenvalue weighted by atomic mass is 10.0. The highest BCUT2D eigenvalue weighted by molar-refractivity contribution is 5.79. The van der Waals surface area contributed by atoms with Crippen LogP contribution in [-0.2, 0) is 4.79 Å². The Morgan fingerprint density at radius 1 is 0.966 bits per heavy atom. The molecule has 4 heteroatoms. The number of carbonyl (C=O) groups excluding carboxylic acids is 1. The van der Waals surface area contributed by atoms with Crippen LogP contribution in [0.2, 0.25) is 0 Å². The normalized spacial score (nSPS) is 21.6. The van der Waals surface area contributed by atoms with Gasteiger partial charge in [-0.2, -0.15) is 0 Å². The van der Waals surface area contributed by atoms with E-state index >= 15 is 0 Å². The van der Waals surface area contributed by atoms with Crippen molar-refractivity contribution in [3.63, 3.8) is 0 Å². The van der Waals surface area contributed by atoms with Gasteiger partial charge >= 0.3 is 0 Å². The maximum atomic E-state index is 12.6. The predicted octanol–water partition coefficient (Wildman–Crippen LogP) is 0.792. The van der Waals surface area contributed by atoms with Crippen molar-refractivity contribution < 1.29 is 14.6 Å². The molecule has 4 nitrogen and oxygen atoms in total. The van der Waals surface area contributed by atoms with Crippen molar-refractivity contribution in [3.05, 3.63) is 77.9 Å². The SMILES string of the molecule is C[C@H](CNC(=O)[C@H](C)[NH+]1CC[NH+](C/C=C/c2ccccc2)CC1)c1ccccc1. The Kier molecular flexibility index (Phi) is 8.03. The lowest BCUT2D eigenvalue weighted by molar-refractivity contribution is -1.02. The highest BCUT2D eigenvalue weighted by Crippen LogP contribution is 2.12. The van der Waals surface area contributed by atoms with Gasteiger partial charge in [0.15, 0.2) is 6.04 Å². The molecule has 2 aromatic rings. The van der Waals surface area contributed by atoms with E-state index in [-0.39, 0.29) is 11.9 Å². The fraction of sp³-hybridized carbons (Fsp3) is 0.400. The van der Waals surface area contributed by atoms with Gasteiger partial charge in [0.25, 0.3) is 5.91 Å². The van der Waals surface area contributed by atoms with Crippen LogP contribution < -0.4 is 15.1 Å². The summed E-state index contributed by atoms with van der Waals surface area (Å²) in [5.74, 6) is 0.509. The lowest BCUT2D eigenvalue weighted by Gasteiger charge is -2.32. The van der Waals surface area contributed by atoms with Crippen molar-refractivity contribution in [1.29, 1.82) is 0 Å². The molecule has 0 unspecified atom stereocenters. The van der Waals surface area contributed by atoms with Gasteiger partial charge in [0.05, 0.1) is 6.54 Å². The highest BCUT2D eigenvalue weighted by Gasteiger charge is 2.30. The van der Waals surface area contributed by atoms with E-state index in [0.29, 0.717) is 12.5 Å². The smallest absolute Gasteiger partial charge is 0.278 e. The number of quaternary nitrogens is 2. The first kappa shape index (κ1) is 21.3. The third-order valence-corrected chi connectivity index (χ3v) is 6.07. The monoisotopic (exact) mass is 393 g/mol. The van der Waals surface area contributed by atoms with Gasteiger partial charge < -0.3 is 15.1 Å². The van der Waals surface area contributed by atoms with Gasteiger partial charge in [0.2, 0.25) is 0 Å². The molecule has 0 radical (unpaired) electrons. The van der Waals surface area contributed by atoms with Crippen molar-refractivity contribution in [2.45, 2.75) is 25.8 Å². The number of benzene rings is 2. The van der Waals surface area contributed by atoms with Crippen LogP contribution in [0.3, 0.4) is 0 Å². The first-order valence-electron chi connectivity index (χ1n) is 10.9. The van der Waals surface area contributed by atoms with Crippen molar-refractivity contribution >= 4 is 12.0 Å². The van der Waals surface area contributed by atoms with E-state index < -0.39 is 0 Å². The predicted molar refractivity (Wildman–Crippen MR) is 119 cm³/mol. The Labute approximate surface area is 175 Å². The molecule has 3 rings (SSSR count). The zero-order chi connectivity index (χ0) is 20.5. The summed E-state index contributed by atoms with van der Waals surface area (Å²) in [6.45, 7) is 10.3. The number of hydrogen-bond acceptors (Lipinski definition) is 1. The molecular weight excluding hydrogens is 358 g/mol. The molecule has 29 heavy (non-hydrogen) atoms. The van der Waals surface area contributed by atoms with Gasteiger partial charge in [-0.1, -0.05) is 73.7 Å². The van der Waals surface area contributed by atoms with Gasteiger partial charge in [-0.15, -0.1) is 0 Å². The summed E-state index contributed by atoms with van der Waals surface area (Å²) in [7, 11) is 0. The van der Waals surface area contributed by atoms with Crippen molar-refractivity contribution in [2.75, 3.05) is 39.3 Å². The van der Waals surface area contributed by atoms with Crippen molar-refractivity contribution in [1.82, 2.24) is 5.32 Å². The third kappa shape index (κ3) is 6.55. The average molecular weight is 394 g/mol. The fourth-order valence-electron chi connectivity index (χ4n) is 3.98. The number of hydrogen-bond donors (Lipinski definition) is 3. The molecular formula is C25H35N3O+2.